The number of hydrogen-bond donors (Lipinski definition) is 2. The molecule has 2 aromatic carbocycles. The van der Waals surface area contributed by atoms with Gasteiger partial charge in [-0.25, -0.2) is 9.38 Å². The van der Waals surface area contributed by atoms with Crippen molar-refractivity contribution in [1.82, 2.24) is 23.9 Å². The minimum Gasteiger partial charge on any atom is -0.386 e. The Labute approximate surface area is 214 Å². The van der Waals surface area contributed by atoms with Crippen molar-refractivity contribution >= 4 is 36.8 Å². The first-order chi connectivity index (χ1) is 18.0. The molecule has 7 rings (SSSR count). The maximum Gasteiger partial charge on any atom is 0.319 e. The van der Waals surface area contributed by atoms with Crippen LogP contribution in [0.4, 0.5) is 0 Å². The molecule has 0 aliphatic carbocycles. The molecule has 0 saturated carbocycles. The Hall–Kier alpha value is -3.31. The molecule has 2 fully saturated rings. The first-order valence-corrected chi connectivity index (χ1v) is 13.1. The van der Waals surface area contributed by atoms with E-state index in [1.54, 1.807) is 35.0 Å². The second kappa shape index (κ2) is 8.63. The summed E-state index contributed by atoms with van der Waals surface area (Å²) < 4.78 is 31.4. The molecule has 37 heavy (non-hydrogen) atoms. The van der Waals surface area contributed by atoms with E-state index in [0.29, 0.717) is 27.9 Å². The largest absolute Gasteiger partial charge is 0.386 e. The molecule has 188 valence electrons. The van der Waals surface area contributed by atoms with E-state index in [0.717, 1.165) is 5.56 Å². The van der Waals surface area contributed by atoms with Gasteiger partial charge in [0.25, 0.3) is 5.56 Å². The molecular formula is C24H19ClN5O6P. The highest BCUT2D eigenvalue weighted by Crippen LogP contribution is 2.44. The van der Waals surface area contributed by atoms with E-state index in [2.05, 4.69) is 9.97 Å². The summed E-state index contributed by atoms with van der Waals surface area (Å²) in [4.78, 5) is 26.2. The highest BCUT2D eigenvalue weighted by molar-refractivity contribution is 7.33. The van der Waals surface area contributed by atoms with Crippen LogP contribution < -0.4 is 5.56 Å². The van der Waals surface area contributed by atoms with Crippen LogP contribution in [0.3, 0.4) is 0 Å². The minimum absolute atomic E-state index is 0.0102. The predicted molar refractivity (Wildman–Crippen MR) is 135 cm³/mol. The number of benzene rings is 2. The highest BCUT2D eigenvalue weighted by atomic mass is 35.5. The average molecular weight is 540 g/mol. The van der Waals surface area contributed by atoms with Crippen molar-refractivity contribution in [2.24, 2.45) is 0 Å². The van der Waals surface area contributed by atoms with Crippen molar-refractivity contribution in [2.75, 3.05) is 6.61 Å². The number of aliphatic hydroxyl groups excluding tert-OH is 1. The van der Waals surface area contributed by atoms with Gasteiger partial charge in [-0.1, -0.05) is 41.9 Å². The number of ether oxygens (including phenoxy) is 1. The van der Waals surface area contributed by atoms with Crippen LogP contribution in [0.2, 0.25) is 5.02 Å². The van der Waals surface area contributed by atoms with Gasteiger partial charge in [0, 0.05) is 16.8 Å². The molecule has 3 aromatic heterocycles. The fourth-order valence-electron chi connectivity index (χ4n) is 4.84. The molecule has 2 unspecified atom stereocenters. The maximum absolute atomic E-state index is 13.6. The topological polar surface area (TPSA) is 133 Å². The van der Waals surface area contributed by atoms with Crippen LogP contribution in [0.25, 0.3) is 39.6 Å². The van der Waals surface area contributed by atoms with Crippen molar-refractivity contribution in [3.8, 4) is 22.6 Å². The molecular weight excluding hydrogens is 521 g/mol. The Bertz CT molecular complexity index is 1730. The average Bonchev–Trinajstić information content (AvgIpc) is 3.59. The fourth-order valence-corrected chi connectivity index (χ4v) is 5.85. The van der Waals surface area contributed by atoms with Gasteiger partial charge in [-0.15, -0.1) is 0 Å². The number of aromatic amines is 1. The van der Waals surface area contributed by atoms with Gasteiger partial charge >= 0.3 is 8.25 Å². The van der Waals surface area contributed by atoms with Gasteiger partial charge in [0.05, 0.1) is 12.3 Å². The summed E-state index contributed by atoms with van der Waals surface area (Å²) >= 11 is 6.09. The van der Waals surface area contributed by atoms with Crippen LogP contribution >= 0.6 is 19.9 Å². The van der Waals surface area contributed by atoms with E-state index >= 15 is 0 Å². The highest BCUT2D eigenvalue weighted by Gasteiger charge is 2.50. The summed E-state index contributed by atoms with van der Waals surface area (Å²) in [6.45, 7) is 0.0102. The molecule has 2 aliphatic rings. The number of fused-ring (bicyclic) bond motifs is 3. The minimum atomic E-state index is -2.74. The van der Waals surface area contributed by atoms with Crippen LogP contribution in [-0.2, 0) is 18.3 Å². The maximum atomic E-state index is 13.6. The molecule has 2 N–H and O–H groups in total. The van der Waals surface area contributed by atoms with Crippen molar-refractivity contribution in [3.63, 3.8) is 0 Å². The van der Waals surface area contributed by atoms with Crippen molar-refractivity contribution in [3.05, 3.63) is 76.2 Å². The zero-order valence-electron chi connectivity index (χ0n) is 18.9. The summed E-state index contributed by atoms with van der Waals surface area (Å²) in [6.07, 6.45) is -2.08. The lowest BCUT2D eigenvalue weighted by Gasteiger charge is -2.24. The lowest BCUT2D eigenvalue weighted by molar-refractivity contribution is -0.0546. The van der Waals surface area contributed by atoms with Gasteiger partial charge in [-0.3, -0.25) is 13.9 Å². The number of halogens is 1. The van der Waals surface area contributed by atoms with Gasteiger partial charge < -0.3 is 23.9 Å². The van der Waals surface area contributed by atoms with Crippen LogP contribution in [-0.4, -0.2) is 53.9 Å². The zero-order valence-corrected chi connectivity index (χ0v) is 20.7. The van der Waals surface area contributed by atoms with Gasteiger partial charge in [0.15, 0.2) is 17.4 Å². The van der Waals surface area contributed by atoms with E-state index in [9.17, 15) is 14.5 Å². The molecule has 0 spiro atoms. The predicted octanol–water partition coefficient (Wildman–Crippen LogP) is 3.42. The van der Waals surface area contributed by atoms with Crippen LogP contribution in [0, 0.1) is 0 Å². The molecule has 11 nitrogen and oxygen atoms in total. The molecule has 5 atom stereocenters. The monoisotopic (exact) mass is 539 g/mol. The SMILES string of the molecule is O=c1c2nc(-c3ccc(Cl)cc3)n([C@@H]3OC4CO[PH](=O)O[C@H]4[C@@H]3O)c2nc2[nH]c(-c3ccccc3)cn12. The van der Waals surface area contributed by atoms with E-state index in [1.165, 1.54) is 4.40 Å². The standard InChI is InChI=1S/C24H19ClN5O6P/c25-14-8-6-13(7-9-14)20-27-17-21(30(20)23-18(31)19-16(35-23)11-34-37(33)36-19)28-24-26-15(10-29(24)22(17)32)12-4-2-1-3-5-12/h1-10,16,18-19,23,31,37H,11H2,(H,26,28)/t16?,18-,19+,23+/m0/s1. The van der Waals surface area contributed by atoms with Crippen LogP contribution in [0.5, 0.6) is 0 Å². The number of imidazole rings is 2. The normalized spacial score (nSPS) is 25.6. The van der Waals surface area contributed by atoms with Gasteiger partial charge in [0.2, 0.25) is 5.78 Å². The summed E-state index contributed by atoms with van der Waals surface area (Å²) in [5, 5.41) is 11.7. The Morgan fingerprint density at radius 2 is 1.86 bits per heavy atom. The first kappa shape index (κ1) is 22.9. The number of nitrogens with zero attached hydrogens (tertiary/aromatic N) is 4. The third kappa shape index (κ3) is 3.66. The lowest BCUT2D eigenvalue weighted by Crippen LogP contribution is -2.37. The van der Waals surface area contributed by atoms with Crippen LogP contribution in [0.1, 0.15) is 6.23 Å². The van der Waals surface area contributed by atoms with E-state index in [4.69, 9.17) is 30.4 Å². The van der Waals surface area contributed by atoms with Crippen molar-refractivity contribution in [2.45, 2.75) is 24.5 Å². The second-order valence-corrected chi connectivity index (χ2v) is 10.3. The molecule has 0 amide bonds. The second-order valence-electron chi connectivity index (χ2n) is 8.83. The molecule has 5 aromatic rings. The zero-order chi connectivity index (χ0) is 25.3. The molecule has 5 heterocycles. The van der Waals surface area contributed by atoms with Crippen molar-refractivity contribution < 1.29 is 23.5 Å². The molecule has 0 bridgehead atoms. The molecule has 2 saturated heterocycles. The summed E-state index contributed by atoms with van der Waals surface area (Å²) in [5.41, 5.74) is 2.16. The van der Waals surface area contributed by atoms with Gasteiger partial charge in [-0.05, 0) is 29.8 Å². The number of aromatic nitrogens is 5. The number of H-pyrrole nitrogens is 1. The third-order valence-corrected chi connectivity index (χ3v) is 7.72. The third-order valence-electron chi connectivity index (χ3n) is 6.60. The van der Waals surface area contributed by atoms with Gasteiger partial charge in [0.1, 0.15) is 24.1 Å². The summed E-state index contributed by atoms with van der Waals surface area (Å²) in [5.74, 6) is 0.652. The summed E-state index contributed by atoms with van der Waals surface area (Å²) in [7, 11) is -2.74. The lowest BCUT2D eigenvalue weighted by atomic mass is 10.1. The van der Waals surface area contributed by atoms with E-state index in [-0.39, 0.29) is 23.3 Å². The fraction of sp³-hybridized carbons (Fsp3) is 0.208. The first-order valence-electron chi connectivity index (χ1n) is 11.5. The van der Waals surface area contributed by atoms with Crippen molar-refractivity contribution in [1.29, 1.82) is 0 Å². The quantitative estimate of drug-likeness (QED) is 0.333. The number of aliphatic hydroxyl groups is 1. The molecule has 13 heteroatoms. The van der Waals surface area contributed by atoms with Crippen LogP contribution in [0.15, 0.2) is 65.6 Å². The molecule has 2 aliphatic heterocycles. The number of rotatable bonds is 3. The smallest absolute Gasteiger partial charge is 0.319 e. The van der Waals surface area contributed by atoms with E-state index < -0.39 is 32.8 Å². The molecule has 0 radical (unpaired) electrons. The van der Waals surface area contributed by atoms with Gasteiger partial charge in [-0.2, -0.15) is 4.98 Å². The Morgan fingerprint density at radius 3 is 2.65 bits per heavy atom. The number of hydrogen-bond acceptors (Lipinski definition) is 8. The Morgan fingerprint density at radius 1 is 1.08 bits per heavy atom. The van der Waals surface area contributed by atoms with E-state index in [1.807, 2.05) is 30.3 Å². The Balaban J connectivity index is 1.45. The number of nitrogens with one attached hydrogen (secondary N) is 1. The Kier molecular flexibility index (Phi) is 5.33. The summed E-state index contributed by atoms with van der Waals surface area (Å²) in [6, 6.07) is 16.5.